The van der Waals surface area contributed by atoms with Gasteiger partial charge in [-0.05, 0) is 61.7 Å². The lowest BCUT2D eigenvalue weighted by molar-refractivity contribution is 0.723. The second-order valence-electron chi connectivity index (χ2n) is 10.5. The molecule has 1 aliphatic rings. The van der Waals surface area contributed by atoms with Gasteiger partial charge in [0.15, 0.2) is 11.6 Å². The number of allylic oxidation sites excluding steroid dienone is 1. The third-order valence-electron chi connectivity index (χ3n) is 7.93. The minimum atomic E-state index is 0.456. The Morgan fingerprint density at radius 1 is 0.667 bits per heavy atom. The number of para-hydroxylation sites is 2. The van der Waals surface area contributed by atoms with Gasteiger partial charge in [-0.2, -0.15) is 0 Å². The van der Waals surface area contributed by atoms with Gasteiger partial charge in [0.05, 0.1) is 11.2 Å². The van der Waals surface area contributed by atoms with Crippen molar-refractivity contribution in [3.8, 4) is 34.2 Å². The number of rotatable bonds is 4. The molecule has 0 saturated carbocycles. The van der Waals surface area contributed by atoms with Gasteiger partial charge in [0.1, 0.15) is 0 Å². The number of hydrogen-bond donors (Lipinski definition) is 0. The second kappa shape index (κ2) is 9.25. The van der Waals surface area contributed by atoms with Crippen LogP contribution in [0, 0.1) is 13.8 Å². The van der Waals surface area contributed by atoms with Crippen LogP contribution in [0.1, 0.15) is 41.6 Å². The van der Waals surface area contributed by atoms with Crippen molar-refractivity contribution in [2.24, 2.45) is 0 Å². The van der Waals surface area contributed by atoms with E-state index < -0.39 is 0 Å². The van der Waals surface area contributed by atoms with Gasteiger partial charge in [0.2, 0.25) is 0 Å². The Balaban J connectivity index is 1.40. The summed E-state index contributed by atoms with van der Waals surface area (Å²) < 4.78 is 4.66. The number of nitrogens with zero attached hydrogens (tertiary/aromatic N) is 4. The summed E-state index contributed by atoms with van der Waals surface area (Å²) in [5, 5.41) is 10.8. The summed E-state index contributed by atoms with van der Waals surface area (Å²) in [5.41, 5.74) is 10.7. The molecule has 4 heteroatoms. The molecule has 1 atom stereocenters. The molecule has 0 bridgehead atoms. The molecule has 7 rings (SSSR count). The largest absolute Gasteiger partial charge is 0.313 e. The lowest BCUT2D eigenvalue weighted by Crippen LogP contribution is -2.07. The van der Waals surface area contributed by atoms with E-state index in [4.69, 9.17) is 10.2 Å². The molecule has 190 valence electrons. The summed E-state index contributed by atoms with van der Waals surface area (Å²) in [5.74, 6) is 2.14. The van der Waals surface area contributed by atoms with E-state index in [-0.39, 0.29) is 0 Å². The Kier molecular flexibility index (Phi) is 5.55. The van der Waals surface area contributed by atoms with Crippen molar-refractivity contribution in [2.45, 2.75) is 33.1 Å². The minimum absolute atomic E-state index is 0.456. The van der Waals surface area contributed by atoms with Gasteiger partial charge in [-0.25, -0.2) is 0 Å². The molecule has 0 fully saturated rings. The molecule has 0 N–H and O–H groups in total. The summed E-state index contributed by atoms with van der Waals surface area (Å²) in [6.07, 6.45) is 5.65. The highest BCUT2D eigenvalue weighted by molar-refractivity contribution is 5.93. The van der Waals surface area contributed by atoms with Crippen molar-refractivity contribution in [3.05, 3.63) is 126 Å². The van der Waals surface area contributed by atoms with Crippen molar-refractivity contribution in [3.63, 3.8) is 0 Å². The van der Waals surface area contributed by atoms with E-state index >= 15 is 0 Å². The highest BCUT2D eigenvalue weighted by Gasteiger charge is 2.24. The van der Waals surface area contributed by atoms with Crippen LogP contribution in [0.3, 0.4) is 0 Å². The van der Waals surface area contributed by atoms with E-state index in [0.29, 0.717) is 5.92 Å². The van der Waals surface area contributed by atoms with Crippen molar-refractivity contribution < 1.29 is 0 Å². The normalized spacial score (nSPS) is 14.6. The number of fused-ring (bicyclic) bond motifs is 3. The van der Waals surface area contributed by atoms with Crippen LogP contribution in [0.2, 0.25) is 0 Å². The molecule has 39 heavy (non-hydrogen) atoms. The van der Waals surface area contributed by atoms with E-state index in [1.165, 1.54) is 39.0 Å². The predicted octanol–water partition coefficient (Wildman–Crippen LogP) is 8.68. The van der Waals surface area contributed by atoms with Crippen LogP contribution in [-0.4, -0.2) is 19.3 Å². The smallest absolute Gasteiger partial charge is 0.168 e. The zero-order valence-corrected chi connectivity index (χ0v) is 22.5. The van der Waals surface area contributed by atoms with Crippen LogP contribution < -0.4 is 0 Å². The van der Waals surface area contributed by atoms with Crippen LogP contribution >= 0.6 is 0 Å². The molecule has 6 aromatic rings. The Labute approximate surface area is 228 Å². The van der Waals surface area contributed by atoms with Crippen molar-refractivity contribution in [1.29, 1.82) is 0 Å². The number of aromatic nitrogens is 4. The molecule has 1 unspecified atom stereocenters. The Morgan fingerprint density at radius 2 is 1.31 bits per heavy atom. The van der Waals surface area contributed by atoms with Crippen molar-refractivity contribution in [1.82, 2.24) is 19.3 Å². The van der Waals surface area contributed by atoms with Crippen LogP contribution in [0.4, 0.5) is 0 Å². The fourth-order valence-corrected chi connectivity index (χ4v) is 6.10. The van der Waals surface area contributed by atoms with E-state index in [1.807, 2.05) is 18.2 Å². The van der Waals surface area contributed by atoms with Crippen LogP contribution in [0.25, 0.3) is 51.1 Å². The summed E-state index contributed by atoms with van der Waals surface area (Å²) in [6, 6.07) is 34.3. The molecule has 0 saturated heterocycles. The summed E-state index contributed by atoms with van der Waals surface area (Å²) in [4.78, 5) is 0. The number of benzene rings is 4. The fraction of sp³-hybridized carbons (Fsp3) is 0.143. The van der Waals surface area contributed by atoms with Crippen molar-refractivity contribution >= 4 is 17.0 Å². The maximum atomic E-state index is 4.74. The molecular formula is C35H30N4. The van der Waals surface area contributed by atoms with E-state index in [9.17, 15) is 0 Å². The summed E-state index contributed by atoms with van der Waals surface area (Å²) in [6.45, 7) is 6.63. The first-order valence-electron chi connectivity index (χ1n) is 13.6. The van der Waals surface area contributed by atoms with Gasteiger partial charge >= 0.3 is 0 Å². The topological polar surface area (TPSA) is 35.6 Å². The van der Waals surface area contributed by atoms with Gasteiger partial charge in [-0.3, -0.25) is 4.57 Å². The molecule has 2 aromatic heterocycles. The van der Waals surface area contributed by atoms with Crippen LogP contribution in [0.5, 0.6) is 0 Å². The molecule has 4 nitrogen and oxygen atoms in total. The first-order valence-corrected chi connectivity index (χ1v) is 13.6. The third-order valence-corrected chi connectivity index (χ3v) is 7.93. The van der Waals surface area contributed by atoms with Crippen LogP contribution in [-0.2, 0) is 0 Å². The standard InChI is InChI=1S/C35H30N4/c1-23-11-9-12-24(2)32(23)39-34(26-14-5-4-6-15-26)36-37-35(39)27-19-21-28(22-20-27)38-31-18-8-7-16-29(31)30-17-10-13-25(3)33(30)38/h4-12,14-22,25H,13H2,1-3H3. The zero-order chi connectivity index (χ0) is 26.5. The zero-order valence-electron chi connectivity index (χ0n) is 22.5. The van der Waals surface area contributed by atoms with Gasteiger partial charge in [-0.1, -0.05) is 85.8 Å². The minimum Gasteiger partial charge on any atom is -0.313 e. The molecule has 0 radical (unpaired) electrons. The summed E-state index contributed by atoms with van der Waals surface area (Å²) >= 11 is 0. The van der Waals surface area contributed by atoms with Gasteiger partial charge < -0.3 is 4.57 Å². The highest BCUT2D eigenvalue weighted by atomic mass is 15.3. The molecular weight excluding hydrogens is 476 g/mol. The molecule has 4 aromatic carbocycles. The van der Waals surface area contributed by atoms with E-state index in [0.717, 1.165) is 34.9 Å². The van der Waals surface area contributed by atoms with Gasteiger partial charge in [-0.15, -0.1) is 10.2 Å². The third kappa shape index (κ3) is 3.75. The lowest BCUT2D eigenvalue weighted by atomic mass is 9.93. The lowest BCUT2D eigenvalue weighted by Gasteiger charge is -2.20. The first-order chi connectivity index (χ1) is 19.1. The van der Waals surface area contributed by atoms with Gasteiger partial charge in [0, 0.05) is 39.4 Å². The highest BCUT2D eigenvalue weighted by Crippen LogP contribution is 2.39. The number of aryl methyl sites for hydroxylation is 2. The molecule has 0 spiro atoms. The molecule has 2 heterocycles. The monoisotopic (exact) mass is 506 g/mol. The van der Waals surface area contributed by atoms with E-state index in [2.05, 4.69) is 121 Å². The van der Waals surface area contributed by atoms with Gasteiger partial charge in [0.25, 0.3) is 0 Å². The summed E-state index contributed by atoms with van der Waals surface area (Å²) in [7, 11) is 0. The fourth-order valence-electron chi connectivity index (χ4n) is 6.10. The number of hydrogen-bond acceptors (Lipinski definition) is 2. The molecule has 0 aliphatic heterocycles. The SMILES string of the molecule is Cc1cccc(C)c1-n1c(-c2ccccc2)nnc1-c1ccc(-n2c3c(c4ccccc42)C=CCC3C)cc1. The molecule has 0 amide bonds. The second-order valence-corrected chi connectivity index (χ2v) is 10.5. The quantitative estimate of drug-likeness (QED) is 0.240. The Hall–Kier alpha value is -4.70. The Morgan fingerprint density at radius 3 is 2.03 bits per heavy atom. The van der Waals surface area contributed by atoms with E-state index in [1.54, 1.807) is 0 Å². The average molecular weight is 507 g/mol. The maximum Gasteiger partial charge on any atom is 0.168 e. The Bertz CT molecular complexity index is 1830. The maximum absolute atomic E-state index is 4.74. The van der Waals surface area contributed by atoms with Crippen LogP contribution in [0.15, 0.2) is 103 Å². The predicted molar refractivity (Wildman–Crippen MR) is 161 cm³/mol. The molecule has 1 aliphatic carbocycles. The average Bonchev–Trinajstić information content (AvgIpc) is 3.54. The first kappa shape index (κ1) is 23.4. The van der Waals surface area contributed by atoms with Crippen molar-refractivity contribution in [2.75, 3.05) is 0 Å².